The fourth-order valence-electron chi connectivity index (χ4n) is 3.07. The van der Waals surface area contributed by atoms with Gasteiger partial charge in [-0.3, -0.25) is 4.90 Å². The third kappa shape index (κ3) is 3.14. The number of aryl methyl sites for hydroxylation is 1. The first-order chi connectivity index (χ1) is 10.2. The molecule has 1 atom stereocenters. The zero-order chi connectivity index (χ0) is 14.7. The molecule has 1 saturated heterocycles. The molecule has 1 unspecified atom stereocenters. The number of aromatic amines is 1. The summed E-state index contributed by atoms with van der Waals surface area (Å²) in [5.74, 6) is 0. The molecule has 0 amide bonds. The Kier molecular flexibility index (Phi) is 4.03. The number of β-amino-alcohol motifs (C(OH)–C–C–N with tert-alkyl or cyclic N) is 1. The molecule has 0 bridgehead atoms. The molecule has 2 heterocycles. The van der Waals surface area contributed by atoms with E-state index in [2.05, 4.69) is 51.5 Å². The second-order valence-corrected chi connectivity index (χ2v) is 5.92. The quantitative estimate of drug-likeness (QED) is 0.880. The molecular formula is C16H22N4O. The third-order valence-electron chi connectivity index (χ3n) is 4.15. The van der Waals surface area contributed by atoms with Crippen molar-refractivity contribution in [1.82, 2.24) is 20.3 Å². The maximum atomic E-state index is 10.7. The number of likely N-dealkylation sites (tertiary alicyclic amines) is 1. The van der Waals surface area contributed by atoms with E-state index in [4.69, 9.17) is 0 Å². The molecule has 21 heavy (non-hydrogen) atoms. The van der Waals surface area contributed by atoms with Crippen molar-refractivity contribution in [3.8, 4) is 0 Å². The number of nitrogens with zero attached hydrogens (tertiary/aromatic N) is 3. The maximum Gasteiger partial charge on any atom is 0.124 e. The van der Waals surface area contributed by atoms with Gasteiger partial charge >= 0.3 is 0 Å². The summed E-state index contributed by atoms with van der Waals surface area (Å²) in [7, 11) is 0. The predicted molar refractivity (Wildman–Crippen MR) is 80.6 cm³/mol. The number of aliphatic hydroxyl groups is 1. The predicted octanol–water partition coefficient (Wildman–Crippen LogP) is 1.85. The van der Waals surface area contributed by atoms with Crippen LogP contribution in [-0.4, -0.2) is 38.5 Å². The van der Waals surface area contributed by atoms with E-state index >= 15 is 0 Å². The minimum atomic E-state index is -0.867. The maximum absolute atomic E-state index is 10.7. The highest BCUT2D eigenvalue weighted by Crippen LogP contribution is 2.30. The van der Waals surface area contributed by atoms with Gasteiger partial charge < -0.3 is 5.11 Å². The van der Waals surface area contributed by atoms with Gasteiger partial charge in [-0.25, -0.2) is 0 Å². The summed E-state index contributed by atoms with van der Waals surface area (Å²) in [4.78, 5) is 2.28. The van der Waals surface area contributed by atoms with E-state index in [-0.39, 0.29) is 0 Å². The molecule has 0 spiro atoms. The lowest BCUT2D eigenvalue weighted by atomic mass is 10.00. The van der Waals surface area contributed by atoms with E-state index in [1.54, 1.807) is 6.20 Å². The molecule has 1 aliphatic heterocycles. The molecule has 0 aliphatic carbocycles. The fourth-order valence-corrected chi connectivity index (χ4v) is 3.07. The molecule has 112 valence electrons. The van der Waals surface area contributed by atoms with Crippen LogP contribution in [0, 0.1) is 0 Å². The van der Waals surface area contributed by atoms with Gasteiger partial charge in [0.25, 0.3) is 0 Å². The molecule has 0 radical (unpaired) electrons. The van der Waals surface area contributed by atoms with Crippen molar-refractivity contribution in [2.75, 3.05) is 13.1 Å². The zero-order valence-electron chi connectivity index (χ0n) is 12.4. The van der Waals surface area contributed by atoms with Crippen molar-refractivity contribution in [3.63, 3.8) is 0 Å². The van der Waals surface area contributed by atoms with Crippen LogP contribution in [0.15, 0.2) is 30.5 Å². The molecule has 2 N–H and O–H groups in total. The van der Waals surface area contributed by atoms with Crippen molar-refractivity contribution in [2.24, 2.45) is 0 Å². The topological polar surface area (TPSA) is 65.0 Å². The number of nitrogens with one attached hydrogen (secondary N) is 1. The van der Waals surface area contributed by atoms with E-state index in [0.29, 0.717) is 18.7 Å². The van der Waals surface area contributed by atoms with Gasteiger partial charge in [-0.05, 0) is 24.0 Å². The summed E-state index contributed by atoms with van der Waals surface area (Å²) in [5.41, 5.74) is 2.48. The molecule has 5 heteroatoms. The van der Waals surface area contributed by atoms with Crippen molar-refractivity contribution < 1.29 is 5.11 Å². The fraction of sp³-hybridized carbons (Fsp3) is 0.500. The molecule has 1 fully saturated rings. The number of rotatable bonds is 5. The smallest absolute Gasteiger partial charge is 0.124 e. The minimum Gasteiger partial charge on any atom is -0.382 e. The Morgan fingerprint density at radius 1 is 1.38 bits per heavy atom. The number of benzene rings is 1. The van der Waals surface area contributed by atoms with Gasteiger partial charge in [0.05, 0.1) is 6.20 Å². The first kappa shape index (κ1) is 14.2. The standard InChI is InChI=1S/C16H22N4O/c1-2-4-13-5-3-6-14(9-13)11-20-8-7-16(21,12-20)15-10-17-19-18-15/h3,5-6,9-10,21H,2,4,7-8,11-12H2,1H3,(H,17,18,19). The van der Waals surface area contributed by atoms with E-state index in [1.807, 2.05) is 0 Å². The Bertz CT molecular complexity index is 584. The third-order valence-corrected chi connectivity index (χ3v) is 4.15. The summed E-state index contributed by atoms with van der Waals surface area (Å²) >= 11 is 0. The van der Waals surface area contributed by atoms with E-state index in [1.165, 1.54) is 17.5 Å². The second kappa shape index (κ2) is 5.95. The Morgan fingerprint density at radius 2 is 2.24 bits per heavy atom. The molecule has 1 aromatic carbocycles. The van der Waals surface area contributed by atoms with Crippen LogP contribution >= 0.6 is 0 Å². The second-order valence-electron chi connectivity index (χ2n) is 5.92. The highest BCUT2D eigenvalue weighted by atomic mass is 16.3. The Labute approximate surface area is 125 Å². The average molecular weight is 286 g/mol. The lowest BCUT2D eigenvalue weighted by Gasteiger charge is -2.21. The van der Waals surface area contributed by atoms with Gasteiger partial charge in [-0.1, -0.05) is 37.6 Å². The number of hydrogen-bond donors (Lipinski definition) is 2. The summed E-state index contributed by atoms with van der Waals surface area (Å²) in [5, 5.41) is 21.1. The molecule has 1 aliphatic rings. The molecule has 2 aromatic rings. The summed E-state index contributed by atoms with van der Waals surface area (Å²) in [6, 6.07) is 8.74. The SMILES string of the molecule is CCCc1cccc(CN2CCC(O)(c3cn[nH]n3)C2)c1. The highest BCUT2D eigenvalue weighted by molar-refractivity contribution is 5.24. The normalized spacial score (nSPS) is 22.8. The summed E-state index contributed by atoms with van der Waals surface area (Å²) in [6.45, 7) is 4.56. The zero-order valence-corrected chi connectivity index (χ0v) is 12.4. The van der Waals surface area contributed by atoms with Gasteiger partial charge in [0.15, 0.2) is 0 Å². The van der Waals surface area contributed by atoms with Crippen LogP contribution in [0.1, 0.15) is 36.6 Å². The van der Waals surface area contributed by atoms with Crippen molar-refractivity contribution in [3.05, 3.63) is 47.3 Å². The van der Waals surface area contributed by atoms with Gasteiger partial charge in [-0.2, -0.15) is 15.4 Å². The van der Waals surface area contributed by atoms with Crippen molar-refractivity contribution in [2.45, 2.75) is 38.3 Å². The van der Waals surface area contributed by atoms with Crippen LogP contribution in [-0.2, 0) is 18.6 Å². The summed E-state index contributed by atoms with van der Waals surface area (Å²) in [6.07, 6.45) is 4.61. The summed E-state index contributed by atoms with van der Waals surface area (Å²) < 4.78 is 0. The van der Waals surface area contributed by atoms with Crippen LogP contribution in [0.3, 0.4) is 0 Å². The molecule has 5 nitrogen and oxygen atoms in total. The van der Waals surface area contributed by atoms with Gasteiger partial charge in [0.1, 0.15) is 11.3 Å². The lowest BCUT2D eigenvalue weighted by Crippen LogP contribution is -2.31. The van der Waals surface area contributed by atoms with Gasteiger partial charge in [0, 0.05) is 19.6 Å². The molecule has 1 aromatic heterocycles. The van der Waals surface area contributed by atoms with Crippen LogP contribution in [0.4, 0.5) is 0 Å². The van der Waals surface area contributed by atoms with E-state index in [9.17, 15) is 5.11 Å². The molecule has 3 rings (SSSR count). The first-order valence-electron chi connectivity index (χ1n) is 7.58. The minimum absolute atomic E-state index is 0.609. The molecular weight excluding hydrogens is 264 g/mol. The van der Waals surface area contributed by atoms with Crippen LogP contribution in [0.2, 0.25) is 0 Å². The van der Waals surface area contributed by atoms with Gasteiger partial charge in [-0.15, -0.1) is 0 Å². The first-order valence-corrected chi connectivity index (χ1v) is 7.58. The van der Waals surface area contributed by atoms with Crippen molar-refractivity contribution >= 4 is 0 Å². The van der Waals surface area contributed by atoms with Crippen LogP contribution in [0.5, 0.6) is 0 Å². The largest absolute Gasteiger partial charge is 0.382 e. The molecule has 0 saturated carbocycles. The monoisotopic (exact) mass is 286 g/mol. The van der Waals surface area contributed by atoms with E-state index in [0.717, 1.165) is 19.5 Å². The lowest BCUT2D eigenvalue weighted by molar-refractivity contribution is 0.0409. The van der Waals surface area contributed by atoms with Crippen LogP contribution < -0.4 is 0 Å². The van der Waals surface area contributed by atoms with Crippen molar-refractivity contribution in [1.29, 1.82) is 0 Å². The Morgan fingerprint density at radius 3 is 3.00 bits per heavy atom. The average Bonchev–Trinajstić information content (AvgIpc) is 3.11. The Hall–Kier alpha value is -1.72. The number of H-pyrrole nitrogens is 1. The highest BCUT2D eigenvalue weighted by Gasteiger charge is 2.39. The van der Waals surface area contributed by atoms with Gasteiger partial charge in [0.2, 0.25) is 0 Å². The van der Waals surface area contributed by atoms with Crippen LogP contribution in [0.25, 0.3) is 0 Å². The number of aromatic nitrogens is 3. The number of hydrogen-bond acceptors (Lipinski definition) is 4. The Balaban J connectivity index is 1.66. The van der Waals surface area contributed by atoms with E-state index < -0.39 is 5.60 Å².